The van der Waals surface area contributed by atoms with Gasteiger partial charge in [0.05, 0.1) is 6.61 Å². The molecule has 0 heterocycles. The molecule has 0 aliphatic rings. The fourth-order valence-electron chi connectivity index (χ4n) is 2.08. The van der Waals surface area contributed by atoms with E-state index in [1.807, 2.05) is 6.92 Å². The van der Waals surface area contributed by atoms with Gasteiger partial charge in [0.15, 0.2) is 0 Å². The monoisotopic (exact) mass is 271 g/mol. The molecule has 112 valence electrons. The maximum atomic E-state index is 11.6. The third-order valence-corrected chi connectivity index (χ3v) is 3.19. The highest BCUT2D eigenvalue weighted by atomic mass is 16.5. The molecule has 0 N–H and O–H groups in total. The summed E-state index contributed by atoms with van der Waals surface area (Å²) < 4.78 is 5.13. The Morgan fingerprint density at radius 1 is 1.21 bits per heavy atom. The number of ether oxygens (including phenoxy) is 1. The number of carboxylic acids is 1. The van der Waals surface area contributed by atoms with Gasteiger partial charge in [-0.25, -0.2) is 0 Å². The first kappa shape index (κ1) is 17.9. The van der Waals surface area contributed by atoms with Gasteiger partial charge >= 0.3 is 5.97 Å². The van der Waals surface area contributed by atoms with Crippen LogP contribution in [-0.2, 0) is 14.3 Å². The number of rotatable bonds is 10. The summed E-state index contributed by atoms with van der Waals surface area (Å²) in [6.07, 6.45) is 4.98. The number of hydrogen-bond donors (Lipinski definition) is 0. The first-order chi connectivity index (χ1) is 8.79. The maximum absolute atomic E-state index is 11.6. The van der Waals surface area contributed by atoms with Crippen LogP contribution in [0.25, 0.3) is 0 Å². The number of hydrogen-bond acceptors (Lipinski definition) is 4. The summed E-state index contributed by atoms with van der Waals surface area (Å²) in [4.78, 5) is 22.4. The highest BCUT2D eigenvalue weighted by Gasteiger charge is 2.24. The summed E-state index contributed by atoms with van der Waals surface area (Å²) in [6.45, 7) is 7.70. The third kappa shape index (κ3) is 8.62. The molecule has 19 heavy (non-hydrogen) atoms. The van der Waals surface area contributed by atoms with Crippen molar-refractivity contribution in [3.63, 3.8) is 0 Å². The van der Waals surface area contributed by atoms with Crippen LogP contribution in [0.15, 0.2) is 0 Å². The summed E-state index contributed by atoms with van der Waals surface area (Å²) in [5.74, 6) is -1.33. The van der Waals surface area contributed by atoms with Gasteiger partial charge in [-0.2, -0.15) is 0 Å². The van der Waals surface area contributed by atoms with Gasteiger partial charge < -0.3 is 14.6 Å². The molecular formula is C15H27O4-. The van der Waals surface area contributed by atoms with Gasteiger partial charge in [-0.1, -0.05) is 47.0 Å². The zero-order valence-electron chi connectivity index (χ0n) is 12.7. The number of carbonyl (C=O) groups is 2. The summed E-state index contributed by atoms with van der Waals surface area (Å²) in [5.41, 5.74) is -0.902. The number of aliphatic carboxylic acids is 1. The Morgan fingerprint density at radius 2 is 1.84 bits per heavy atom. The molecule has 1 atom stereocenters. The van der Waals surface area contributed by atoms with Gasteiger partial charge in [0.2, 0.25) is 0 Å². The minimum atomic E-state index is -1.08. The molecule has 0 saturated carbocycles. The van der Waals surface area contributed by atoms with Crippen molar-refractivity contribution in [2.24, 2.45) is 11.3 Å². The first-order valence-electron chi connectivity index (χ1n) is 7.16. The molecule has 0 bridgehead atoms. The van der Waals surface area contributed by atoms with E-state index in [2.05, 4.69) is 6.92 Å². The van der Waals surface area contributed by atoms with Crippen LogP contribution in [0.1, 0.15) is 66.2 Å². The lowest BCUT2D eigenvalue weighted by Crippen LogP contribution is -2.39. The predicted octanol–water partition coefficient (Wildman–Crippen LogP) is 2.30. The Morgan fingerprint density at radius 3 is 2.37 bits per heavy atom. The lowest BCUT2D eigenvalue weighted by atomic mass is 9.82. The molecule has 0 aliphatic carbocycles. The average molecular weight is 271 g/mol. The van der Waals surface area contributed by atoms with Crippen molar-refractivity contribution in [3.05, 3.63) is 0 Å². The van der Waals surface area contributed by atoms with Crippen LogP contribution in [-0.4, -0.2) is 18.5 Å². The first-order valence-corrected chi connectivity index (χ1v) is 7.16. The second-order valence-corrected chi connectivity index (χ2v) is 5.97. The maximum Gasteiger partial charge on any atom is 0.306 e. The van der Waals surface area contributed by atoms with E-state index in [1.54, 1.807) is 13.8 Å². The molecule has 4 nitrogen and oxygen atoms in total. The van der Waals surface area contributed by atoms with Crippen molar-refractivity contribution in [1.82, 2.24) is 0 Å². The van der Waals surface area contributed by atoms with E-state index in [1.165, 1.54) is 0 Å². The smallest absolute Gasteiger partial charge is 0.306 e. The Labute approximate surface area is 116 Å². The average Bonchev–Trinajstić information content (AvgIpc) is 2.27. The van der Waals surface area contributed by atoms with E-state index in [0.29, 0.717) is 13.0 Å². The van der Waals surface area contributed by atoms with Crippen LogP contribution in [0.4, 0.5) is 0 Å². The Hall–Kier alpha value is -1.06. The van der Waals surface area contributed by atoms with Crippen molar-refractivity contribution >= 4 is 11.9 Å². The molecule has 0 rings (SSSR count). The minimum Gasteiger partial charge on any atom is -0.550 e. The highest BCUT2D eigenvalue weighted by molar-refractivity contribution is 5.72. The second kappa shape index (κ2) is 8.94. The van der Waals surface area contributed by atoms with Crippen molar-refractivity contribution in [2.45, 2.75) is 66.2 Å². The topological polar surface area (TPSA) is 66.4 Å². The molecule has 0 saturated heterocycles. The van der Waals surface area contributed by atoms with Crippen LogP contribution in [0, 0.1) is 11.3 Å². The fourth-order valence-corrected chi connectivity index (χ4v) is 2.08. The second-order valence-electron chi connectivity index (χ2n) is 5.97. The number of unbranched alkanes of at least 4 members (excludes halogenated alkanes) is 3. The fraction of sp³-hybridized carbons (Fsp3) is 0.867. The van der Waals surface area contributed by atoms with Crippen LogP contribution >= 0.6 is 0 Å². The summed E-state index contributed by atoms with van der Waals surface area (Å²) in [7, 11) is 0. The van der Waals surface area contributed by atoms with Crippen molar-refractivity contribution in [2.75, 3.05) is 6.61 Å². The molecule has 0 amide bonds. The summed E-state index contributed by atoms with van der Waals surface area (Å²) >= 11 is 0. The van der Waals surface area contributed by atoms with Crippen molar-refractivity contribution in [1.29, 1.82) is 0 Å². The molecule has 4 heteroatoms. The molecular weight excluding hydrogens is 244 g/mol. The Balaban J connectivity index is 3.84. The van der Waals surface area contributed by atoms with Gasteiger partial charge in [-0.3, -0.25) is 4.79 Å². The third-order valence-electron chi connectivity index (χ3n) is 3.19. The molecule has 1 unspecified atom stereocenters. The van der Waals surface area contributed by atoms with Crippen molar-refractivity contribution in [3.8, 4) is 0 Å². The standard InChI is InChI=1S/C15H28O4/c1-5-6-7-8-9-19-13(16)10-12(2)11-15(3,4)14(17)18/h12H,5-11H2,1-4H3,(H,17,18)/p-1. The summed E-state index contributed by atoms with van der Waals surface area (Å²) in [5, 5.41) is 10.9. The van der Waals surface area contributed by atoms with Crippen LogP contribution < -0.4 is 5.11 Å². The van der Waals surface area contributed by atoms with Gasteiger partial charge in [0, 0.05) is 17.8 Å². The molecule has 0 spiro atoms. The van der Waals surface area contributed by atoms with E-state index in [-0.39, 0.29) is 18.3 Å². The van der Waals surface area contributed by atoms with Gasteiger partial charge in [0.1, 0.15) is 0 Å². The van der Waals surface area contributed by atoms with Crippen molar-refractivity contribution < 1.29 is 19.4 Å². The zero-order valence-corrected chi connectivity index (χ0v) is 12.7. The van der Waals surface area contributed by atoms with Crippen LogP contribution in [0.3, 0.4) is 0 Å². The number of carboxylic acid groups (broad SMARTS) is 1. The van der Waals surface area contributed by atoms with E-state index < -0.39 is 11.4 Å². The SMILES string of the molecule is CCCCCCOC(=O)CC(C)CC(C)(C)C(=O)[O-]. The Bertz CT molecular complexity index is 284. The largest absolute Gasteiger partial charge is 0.550 e. The molecule has 0 aromatic carbocycles. The van der Waals surface area contributed by atoms with Crippen LogP contribution in [0.2, 0.25) is 0 Å². The Kier molecular flexibility index (Phi) is 8.44. The van der Waals surface area contributed by atoms with Gasteiger partial charge in [-0.15, -0.1) is 0 Å². The lowest BCUT2D eigenvalue weighted by Gasteiger charge is -2.28. The van der Waals surface area contributed by atoms with Gasteiger partial charge in [0.25, 0.3) is 0 Å². The summed E-state index contributed by atoms with van der Waals surface area (Å²) in [6, 6.07) is 0. The number of carbonyl (C=O) groups excluding carboxylic acids is 2. The molecule has 0 aromatic heterocycles. The van der Waals surface area contributed by atoms with E-state index in [0.717, 1.165) is 25.7 Å². The molecule has 0 aromatic rings. The predicted molar refractivity (Wildman–Crippen MR) is 72.3 cm³/mol. The molecule has 0 radical (unpaired) electrons. The minimum absolute atomic E-state index is 0.0176. The number of esters is 1. The molecule has 0 aliphatic heterocycles. The van der Waals surface area contributed by atoms with Crippen LogP contribution in [0.5, 0.6) is 0 Å². The van der Waals surface area contributed by atoms with Gasteiger partial charge in [-0.05, 0) is 18.8 Å². The van der Waals surface area contributed by atoms with E-state index >= 15 is 0 Å². The lowest BCUT2D eigenvalue weighted by molar-refractivity contribution is -0.318. The van der Waals surface area contributed by atoms with E-state index in [4.69, 9.17) is 4.74 Å². The quantitative estimate of drug-likeness (QED) is 0.451. The van der Waals surface area contributed by atoms with E-state index in [9.17, 15) is 14.7 Å². The zero-order chi connectivity index (χ0) is 14.9. The highest BCUT2D eigenvalue weighted by Crippen LogP contribution is 2.26. The molecule has 0 fully saturated rings. The normalized spacial score (nSPS) is 13.1.